The molecule has 3 rings (SSSR count). The first-order chi connectivity index (χ1) is 10.8. The number of ether oxygens (including phenoxy) is 1. The van der Waals surface area contributed by atoms with E-state index < -0.39 is 5.97 Å². The van der Waals surface area contributed by atoms with Crippen molar-refractivity contribution in [2.75, 3.05) is 6.61 Å². The number of carbonyl (C=O) groups is 1. The summed E-state index contributed by atoms with van der Waals surface area (Å²) in [6.07, 6.45) is 12.6. The van der Waals surface area contributed by atoms with Crippen molar-refractivity contribution in [2.24, 2.45) is 0 Å². The van der Waals surface area contributed by atoms with Gasteiger partial charge in [0.2, 0.25) is 5.89 Å². The Bertz CT molecular complexity index is 654. The zero-order valence-corrected chi connectivity index (χ0v) is 12.3. The fraction of sp³-hybridized carbons (Fsp3) is 0.353. The van der Waals surface area contributed by atoms with Crippen LogP contribution in [0.4, 0.5) is 0 Å². The topological polar surface area (TPSA) is 65.2 Å². The molecule has 1 saturated carbocycles. The lowest BCUT2D eigenvalue weighted by Crippen LogP contribution is -2.06. The minimum Gasteiger partial charge on any atom is -0.457 e. The van der Waals surface area contributed by atoms with E-state index in [4.69, 9.17) is 9.15 Å². The second-order valence-electron chi connectivity index (χ2n) is 5.30. The molecule has 0 atom stereocenters. The summed E-state index contributed by atoms with van der Waals surface area (Å²) in [4.78, 5) is 20.1. The fourth-order valence-electron chi connectivity index (χ4n) is 2.51. The van der Waals surface area contributed by atoms with Gasteiger partial charge in [0.15, 0.2) is 5.69 Å². The van der Waals surface area contributed by atoms with E-state index in [9.17, 15) is 4.79 Å². The molecule has 0 saturated heterocycles. The molecule has 0 bridgehead atoms. The molecule has 5 nitrogen and oxygen atoms in total. The van der Waals surface area contributed by atoms with Crippen LogP contribution in [0.25, 0.3) is 11.5 Å². The molecule has 2 aromatic heterocycles. The van der Waals surface area contributed by atoms with Crippen LogP contribution in [0, 0.1) is 0 Å². The summed E-state index contributed by atoms with van der Waals surface area (Å²) >= 11 is 0. The Kier molecular flexibility index (Phi) is 4.63. The molecule has 114 valence electrons. The number of pyridine rings is 1. The molecular weight excluding hydrogens is 280 g/mol. The van der Waals surface area contributed by atoms with Crippen molar-refractivity contribution in [2.45, 2.75) is 32.1 Å². The van der Waals surface area contributed by atoms with Crippen LogP contribution in [0.15, 0.2) is 46.9 Å². The lowest BCUT2D eigenvalue weighted by atomic mass is 9.95. The maximum absolute atomic E-state index is 11.9. The van der Waals surface area contributed by atoms with Crippen LogP contribution in [-0.2, 0) is 4.74 Å². The number of hydrogen-bond acceptors (Lipinski definition) is 5. The normalized spacial score (nSPS) is 14.6. The SMILES string of the molecule is O=C(OCC=C1CCCCC1)c1coc(-c2cccnc2)n1. The van der Waals surface area contributed by atoms with Gasteiger partial charge in [-0.1, -0.05) is 12.0 Å². The molecule has 5 heteroatoms. The van der Waals surface area contributed by atoms with Crippen molar-refractivity contribution >= 4 is 5.97 Å². The third-order valence-electron chi connectivity index (χ3n) is 3.70. The predicted octanol–water partition coefficient (Wildman–Crippen LogP) is 3.78. The molecule has 0 radical (unpaired) electrons. The minimum absolute atomic E-state index is 0.181. The number of allylic oxidation sites excluding steroid dienone is 1. The average Bonchev–Trinajstić information content (AvgIpc) is 3.07. The number of esters is 1. The van der Waals surface area contributed by atoms with Gasteiger partial charge < -0.3 is 9.15 Å². The predicted molar refractivity (Wildman–Crippen MR) is 81.2 cm³/mol. The lowest BCUT2D eigenvalue weighted by molar-refractivity contribution is 0.0541. The molecular formula is C17H18N2O3. The van der Waals surface area contributed by atoms with Crippen molar-refractivity contribution in [1.29, 1.82) is 0 Å². The van der Waals surface area contributed by atoms with Gasteiger partial charge in [-0.05, 0) is 43.9 Å². The maximum Gasteiger partial charge on any atom is 0.360 e. The quantitative estimate of drug-likeness (QED) is 0.634. The summed E-state index contributed by atoms with van der Waals surface area (Å²) in [6, 6.07) is 3.61. The third-order valence-corrected chi connectivity index (χ3v) is 3.70. The molecule has 22 heavy (non-hydrogen) atoms. The molecule has 0 unspecified atom stereocenters. The van der Waals surface area contributed by atoms with E-state index in [1.165, 1.54) is 31.1 Å². The number of rotatable bonds is 4. The van der Waals surface area contributed by atoms with E-state index in [1.807, 2.05) is 12.1 Å². The lowest BCUT2D eigenvalue weighted by Gasteiger charge is -2.13. The molecule has 1 aliphatic carbocycles. The van der Waals surface area contributed by atoms with Crippen LogP contribution in [0.3, 0.4) is 0 Å². The highest BCUT2D eigenvalue weighted by molar-refractivity contribution is 5.87. The average molecular weight is 298 g/mol. The molecule has 1 aliphatic rings. The highest BCUT2D eigenvalue weighted by atomic mass is 16.5. The zero-order chi connectivity index (χ0) is 15.2. The smallest absolute Gasteiger partial charge is 0.360 e. The Morgan fingerprint density at radius 3 is 2.95 bits per heavy atom. The summed E-state index contributed by atoms with van der Waals surface area (Å²) in [5, 5.41) is 0. The summed E-state index contributed by atoms with van der Waals surface area (Å²) < 4.78 is 10.5. The van der Waals surface area contributed by atoms with E-state index in [0.29, 0.717) is 12.5 Å². The number of hydrogen-bond donors (Lipinski definition) is 0. The first-order valence-corrected chi connectivity index (χ1v) is 7.54. The second kappa shape index (κ2) is 7.02. The standard InChI is InChI=1S/C17H18N2O3/c20-17(21-10-8-13-5-2-1-3-6-13)15-12-22-16(19-15)14-7-4-9-18-11-14/h4,7-9,11-12H,1-3,5-6,10H2. The van der Waals surface area contributed by atoms with Gasteiger partial charge in [0, 0.05) is 12.4 Å². The van der Waals surface area contributed by atoms with Gasteiger partial charge in [0.1, 0.15) is 12.9 Å². The summed E-state index contributed by atoms with van der Waals surface area (Å²) in [7, 11) is 0. The Morgan fingerprint density at radius 1 is 1.32 bits per heavy atom. The molecule has 0 spiro atoms. The monoisotopic (exact) mass is 298 g/mol. The van der Waals surface area contributed by atoms with Crippen molar-refractivity contribution < 1.29 is 13.9 Å². The summed E-state index contributed by atoms with van der Waals surface area (Å²) in [5.41, 5.74) is 2.29. The van der Waals surface area contributed by atoms with Crippen molar-refractivity contribution in [1.82, 2.24) is 9.97 Å². The van der Waals surface area contributed by atoms with Crippen molar-refractivity contribution in [3.8, 4) is 11.5 Å². The highest BCUT2D eigenvalue weighted by Gasteiger charge is 2.14. The Hall–Kier alpha value is -2.43. The van der Waals surface area contributed by atoms with Gasteiger partial charge >= 0.3 is 5.97 Å². The first-order valence-electron chi connectivity index (χ1n) is 7.54. The van der Waals surface area contributed by atoms with Gasteiger partial charge in [-0.3, -0.25) is 4.98 Å². The summed E-state index contributed by atoms with van der Waals surface area (Å²) in [6.45, 7) is 0.295. The van der Waals surface area contributed by atoms with Crippen LogP contribution < -0.4 is 0 Å². The van der Waals surface area contributed by atoms with E-state index in [1.54, 1.807) is 18.5 Å². The fourth-order valence-corrected chi connectivity index (χ4v) is 2.51. The van der Waals surface area contributed by atoms with E-state index in [0.717, 1.165) is 18.4 Å². The van der Waals surface area contributed by atoms with Gasteiger partial charge in [0.05, 0.1) is 5.56 Å². The largest absolute Gasteiger partial charge is 0.457 e. The minimum atomic E-state index is -0.466. The van der Waals surface area contributed by atoms with Crippen LogP contribution in [-0.4, -0.2) is 22.5 Å². The number of aromatic nitrogens is 2. The molecule has 0 N–H and O–H groups in total. The molecule has 0 amide bonds. The van der Waals surface area contributed by atoms with Crippen LogP contribution in [0.1, 0.15) is 42.6 Å². The van der Waals surface area contributed by atoms with Gasteiger partial charge in [-0.15, -0.1) is 0 Å². The van der Waals surface area contributed by atoms with E-state index in [2.05, 4.69) is 9.97 Å². The van der Waals surface area contributed by atoms with Gasteiger partial charge in [-0.25, -0.2) is 9.78 Å². The number of carbonyl (C=O) groups excluding carboxylic acids is 1. The molecule has 1 fully saturated rings. The second-order valence-corrected chi connectivity index (χ2v) is 5.30. The molecule has 0 aliphatic heterocycles. The number of nitrogens with zero attached hydrogens (tertiary/aromatic N) is 2. The van der Waals surface area contributed by atoms with Crippen LogP contribution in [0.2, 0.25) is 0 Å². The van der Waals surface area contributed by atoms with Crippen LogP contribution in [0.5, 0.6) is 0 Å². The maximum atomic E-state index is 11.9. The van der Waals surface area contributed by atoms with Gasteiger partial charge in [-0.2, -0.15) is 0 Å². The molecule has 2 aromatic rings. The third kappa shape index (κ3) is 3.61. The van der Waals surface area contributed by atoms with E-state index >= 15 is 0 Å². The first kappa shape index (κ1) is 14.5. The van der Waals surface area contributed by atoms with E-state index in [-0.39, 0.29) is 5.69 Å². The Balaban J connectivity index is 1.58. The Labute approximate surface area is 129 Å². The van der Waals surface area contributed by atoms with Crippen molar-refractivity contribution in [3.05, 3.63) is 48.1 Å². The summed E-state index contributed by atoms with van der Waals surface area (Å²) in [5.74, 6) is -0.0998. The highest BCUT2D eigenvalue weighted by Crippen LogP contribution is 2.22. The van der Waals surface area contributed by atoms with Crippen molar-refractivity contribution in [3.63, 3.8) is 0 Å². The molecule has 0 aromatic carbocycles. The van der Waals surface area contributed by atoms with Crippen LogP contribution >= 0.6 is 0 Å². The molecule has 2 heterocycles. The zero-order valence-electron chi connectivity index (χ0n) is 12.3. The Morgan fingerprint density at radius 2 is 2.18 bits per heavy atom. The van der Waals surface area contributed by atoms with Gasteiger partial charge in [0.25, 0.3) is 0 Å². The number of oxazole rings is 1.